The van der Waals surface area contributed by atoms with Crippen LogP contribution in [0.15, 0.2) is 30.0 Å². The van der Waals surface area contributed by atoms with Gasteiger partial charge >= 0.3 is 0 Å². The summed E-state index contributed by atoms with van der Waals surface area (Å²) in [4.78, 5) is 27.3. The number of amides is 1. The first-order chi connectivity index (χ1) is 11.7. The van der Waals surface area contributed by atoms with E-state index in [1.807, 2.05) is 24.2 Å². The number of pyridine rings is 1. The lowest BCUT2D eigenvalue weighted by atomic mass is 9.91. The van der Waals surface area contributed by atoms with E-state index in [0.29, 0.717) is 5.92 Å². The number of piperidine rings is 1. The molecule has 4 heterocycles. The van der Waals surface area contributed by atoms with E-state index in [9.17, 15) is 4.79 Å². The minimum atomic E-state index is 0.138. The smallest absolute Gasteiger partial charge is 0.265 e. The summed E-state index contributed by atoms with van der Waals surface area (Å²) in [6.07, 6.45) is 7.07. The summed E-state index contributed by atoms with van der Waals surface area (Å²) in [7, 11) is 0. The van der Waals surface area contributed by atoms with Crippen molar-refractivity contribution in [2.45, 2.75) is 26.2 Å². The highest BCUT2D eigenvalue weighted by Gasteiger charge is 2.26. The summed E-state index contributed by atoms with van der Waals surface area (Å²) in [5, 5.41) is 1.15. The average Bonchev–Trinajstić information content (AvgIpc) is 3.22. The molecule has 5 nitrogen and oxygen atoms in total. The van der Waals surface area contributed by atoms with Gasteiger partial charge in [-0.25, -0.2) is 9.97 Å². The number of aromatic amines is 1. The molecule has 24 heavy (non-hydrogen) atoms. The molecule has 3 aromatic rings. The molecule has 1 aliphatic rings. The Hall–Kier alpha value is -2.21. The van der Waals surface area contributed by atoms with E-state index in [0.717, 1.165) is 54.0 Å². The van der Waals surface area contributed by atoms with Crippen LogP contribution in [0.25, 0.3) is 11.0 Å². The summed E-state index contributed by atoms with van der Waals surface area (Å²) in [5.74, 6) is 0.632. The SMILES string of the molecule is Cc1ncsc1C(=O)N1CCC[C@@H](Cc2cnc3[nH]ccc3c2)C1. The molecule has 1 saturated heterocycles. The largest absolute Gasteiger partial charge is 0.346 e. The Kier molecular flexibility index (Phi) is 4.06. The number of H-pyrrole nitrogens is 1. The standard InChI is InChI=1S/C18H20N4OS/c1-12-16(24-11-21-12)18(23)22-6-2-3-13(10-22)7-14-8-15-4-5-19-17(15)20-9-14/h4-5,8-9,11,13H,2-3,6-7,10H2,1H3,(H,19,20)/t13-/m0/s1. The number of carbonyl (C=O) groups excluding carboxylic acids is 1. The van der Waals surface area contributed by atoms with E-state index in [-0.39, 0.29) is 5.91 Å². The first-order valence-corrected chi connectivity index (χ1v) is 9.20. The second-order valence-electron chi connectivity index (χ2n) is 6.49. The maximum atomic E-state index is 12.7. The normalized spacial score (nSPS) is 18.2. The van der Waals surface area contributed by atoms with Crippen LogP contribution in [0.4, 0.5) is 0 Å². The van der Waals surface area contributed by atoms with Gasteiger partial charge < -0.3 is 9.88 Å². The van der Waals surface area contributed by atoms with E-state index in [1.165, 1.54) is 16.9 Å². The van der Waals surface area contributed by atoms with Crippen LogP contribution in [0.1, 0.15) is 33.8 Å². The summed E-state index contributed by atoms with van der Waals surface area (Å²) >= 11 is 1.44. The van der Waals surface area contributed by atoms with Gasteiger partial charge in [0.05, 0.1) is 11.2 Å². The first kappa shape index (κ1) is 15.3. The average molecular weight is 340 g/mol. The minimum absolute atomic E-state index is 0.138. The van der Waals surface area contributed by atoms with Crippen molar-refractivity contribution in [3.05, 3.63) is 46.2 Å². The lowest BCUT2D eigenvalue weighted by Crippen LogP contribution is -2.40. The predicted octanol–water partition coefficient (Wildman–Crippen LogP) is 3.42. The second-order valence-corrected chi connectivity index (χ2v) is 7.34. The zero-order chi connectivity index (χ0) is 16.5. The van der Waals surface area contributed by atoms with Crippen LogP contribution in [0, 0.1) is 12.8 Å². The Morgan fingerprint density at radius 1 is 1.46 bits per heavy atom. The summed E-state index contributed by atoms with van der Waals surface area (Å²) in [6.45, 7) is 3.58. The maximum absolute atomic E-state index is 12.7. The molecule has 3 aromatic heterocycles. The first-order valence-electron chi connectivity index (χ1n) is 8.32. The Bertz CT molecular complexity index is 869. The van der Waals surface area contributed by atoms with Crippen molar-refractivity contribution in [1.29, 1.82) is 0 Å². The molecule has 6 heteroatoms. The number of nitrogens with zero attached hydrogens (tertiary/aromatic N) is 3. The van der Waals surface area contributed by atoms with Crippen molar-refractivity contribution in [1.82, 2.24) is 19.9 Å². The van der Waals surface area contributed by atoms with Gasteiger partial charge in [-0.2, -0.15) is 0 Å². The fourth-order valence-electron chi connectivity index (χ4n) is 3.50. The molecule has 0 unspecified atom stereocenters. The highest BCUT2D eigenvalue weighted by atomic mass is 32.1. The zero-order valence-electron chi connectivity index (χ0n) is 13.7. The molecular weight excluding hydrogens is 320 g/mol. The molecule has 124 valence electrons. The third-order valence-electron chi connectivity index (χ3n) is 4.73. The van der Waals surface area contributed by atoms with Gasteiger partial charge in [-0.3, -0.25) is 4.79 Å². The molecule has 0 aromatic carbocycles. The zero-order valence-corrected chi connectivity index (χ0v) is 14.5. The number of aryl methyl sites for hydroxylation is 1. The molecule has 1 aliphatic heterocycles. The molecular formula is C18H20N4OS. The summed E-state index contributed by atoms with van der Waals surface area (Å²) < 4.78 is 0. The number of carbonyl (C=O) groups is 1. The minimum Gasteiger partial charge on any atom is -0.346 e. The van der Waals surface area contributed by atoms with Crippen LogP contribution in [-0.2, 0) is 6.42 Å². The van der Waals surface area contributed by atoms with Gasteiger partial charge in [-0.05, 0) is 49.8 Å². The molecule has 1 amide bonds. The quantitative estimate of drug-likeness (QED) is 0.794. The van der Waals surface area contributed by atoms with Crippen molar-refractivity contribution in [3.8, 4) is 0 Å². The number of hydrogen-bond donors (Lipinski definition) is 1. The molecule has 0 bridgehead atoms. The lowest BCUT2D eigenvalue weighted by molar-refractivity contribution is 0.0677. The van der Waals surface area contributed by atoms with Gasteiger partial charge in [0.15, 0.2) is 0 Å². The van der Waals surface area contributed by atoms with Crippen molar-refractivity contribution in [3.63, 3.8) is 0 Å². The van der Waals surface area contributed by atoms with E-state index in [1.54, 1.807) is 5.51 Å². The fourth-order valence-corrected chi connectivity index (χ4v) is 4.27. The molecule has 1 fully saturated rings. The third-order valence-corrected chi connectivity index (χ3v) is 5.64. The molecule has 0 aliphatic carbocycles. The van der Waals surface area contributed by atoms with Gasteiger partial charge in [0.25, 0.3) is 5.91 Å². The lowest BCUT2D eigenvalue weighted by Gasteiger charge is -2.32. The molecule has 1 N–H and O–H groups in total. The van der Waals surface area contributed by atoms with Crippen molar-refractivity contribution < 1.29 is 4.79 Å². The van der Waals surface area contributed by atoms with Crippen LogP contribution in [0.5, 0.6) is 0 Å². The summed E-state index contributed by atoms with van der Waals surface area (Å²) in [5.41, 5.74) is 4.77. The molecule has 0 saturated carbocycles. The topological polar surface area (TPSA) is 61.9 Å². The van der Waals surface area contributed by atoms with Gasteiger partial charge in [0, 0.05) is 30.9 Å². The monoisotopic (exact) mass is 340 g/mol. The fraction of sp³-hybridized carbons (Fsp3) is 0.389. The summed E-state index contributed by atoms with van der Waals surface area (Å²) in [6, 6.07) is 4.25. The van der Waals surface area contributed by atoms with Crippen LogP contribution in [0.2, 0.25) is 0 Å². The Labute approximate surface area is 144 Å². The Morgan fingerprint density at radius 3 is 3.21 bits per heavy atom. The number of likely N-dealkylation sites (tertiary alicyclic amines) is 1. The molecule has 1 atom stereocenters. The van der Waals surface area contributed by atoms with Gasteiger partial charge in [-0.15, -0.1) is 11.3 Å². The molecule has 0 spiro atoms. The number of rotatable bonds is 3. The van der Waals surface area contributed by atoms with Gasteiger partial charge in [-0.1, -0.05) is 0 Å². The van der Waals surface area contributed by atoms with Gasteiger partial charge in [0.2, 0.25) is 0 Å². The Morgan fingerprint density at radius 2 is 2.38 bits per heavy atom. The highest BCUT2D eigenvalue weighted by molar-refractivity contribution is 7.11. The van der Waals surface area contributed by atoms with Crippen LogP contribution < -0.4 is 0 Å². The maximum Gasteiger partial charge on any atom is 0.265 e. The van der Waals surface area contributed by atoms with Crippen LogP contribution in [0.3, 0.4) is 0 Å². The van der Waals surface area contributed by atoms with E-state index in [2.05, 4.69) is 27.1 Å². The highest BCUT2D eigenvalue weighted by Crippen LogP contribution is 2.25. The molecule has 0 radical (unpaired) electrons. The van der Waals surface area contributed by atoms with Crippen molar-refractivity contribution in [2.75, 3.05) is 13.1 Å². The van der Waals surface area contributed by atoms with Gasteiger partial charge in [0.1, 0.15) is 10.5 Å². The van der Waals surface area contributed by atoms with E-state index >= 15 is 0 Å². The van der Waals surface area contributed by atoms with E-state index in [4.69, 9.17) is 0 Å². The van der Waals surface area contributed by atoms with Crippen LogP contribution in [-0.4, -0.2) is 38.8 Å². The number of aromatic nitrogens is 3. The van der Waals surface area contributed by atoms with Crippen LogP contribution >= 0.6 is 11.3 Å². The number of hydrogen-bond acceptors (Lipinski definition) is 4. The third kappa shape index (κ3) is 2.94. The number of fused-ring (bicyclic) bond motifs is 1. The van der Waals surface area contributed by atoms with Crippen molar-refractivity contribution >= 4 is 28.3 Å². The van der Waals surface area contributed by atoms with E-state index < -0.39 is 0 Å². The predicted molar refractivity (Wildman–Crippen MR) is 95.3 cm³/mol. The molecule has 4 rings (SSSR count). The number of thiazole rings is 1. The van der Waals surface area contributed by atoms with Crippen molar-refractivity contribution in [2.24, 2.45) is 5.92 Å². The number of nitrogens with one attached hydrogen (secondary N) is 1. The second kappa shape index (κ2) is 6.36. The Balaban J connectivity index is 1.46.